The number of nitrogens with zero attached hydrogens (tertiary/aromatic N) is 2. The van der Waals surface area contributed by atoms with Crippen LogP contribution in [-0.2, 0) is 18.4 Å². The van der Waals surface area contributed by atoms with Crippen LogP contribution >= 0.6 is 0 Å². The molecule has 90 valence electrons. The van der Waals surface area contributed by atoms with Gasteiger partial charge in [-0.2, -0.15) is 5.10 Å². The zero-order chi connectivity index (χ0) is 12.1. The summed E-state index contributed by atoms with van der Waals surface area (Å²) in [5.41, 5.74) is 3.27. The summed E-state index contributed by atoms with van der Waals surface area (Å²) >= 11 is 0. The molecule has 3 N–H and O–H groups in total. The Hall–Kier alpha value is -1.40. The van der Waals surface area contributed by atoms with E-state index in [1.54, 1.807) is 11.7 Å². The van der Waals surface area contributed by atoms with Gasteiger partial charge in [-0.3, -0.25) is 14.9 Å². The lowest BCUT2D eigenvalue weighted by Gasteiger charge is -2.11. The smallest absolute Gasteiger partial charge is 0.268 e. The molecule has 0 saturated carbocycles. The number of hydrogen-bond donors (Lipinski definition) is 2. The van der Waals surface area contributed by atoms with Gasteiger partial charge in [-0.15, -0.1) is 0 Å². The van der Waals surface area contributed by atoms with Gasteiger partial charge in [-0.05, 0) is 13.3 Å². The maximum absolute atomic E-state index is 11.4. The van der Waals surface area contributed by atoms with E-state index in [2.05, 4.69) is 10.5 Å². The van der Waals surface area contributed by atoms with Crippen LogP contribution in [0.5, 0.6) is 0 Å². The Morgan fingerprint density at radius 1 is 1.75 bits per heavy atom. The summed E-state index contributed by atoms with van der Waals surface area (Å²) in [4.78, 5) is 11.4. The minimum Gasteiger partial charge on any atom is -0.372 e. The molecule has 1 rings (SSSR count). The molecule has 1 heterocycles. The third kappa shape index (κ3) is 2.80. The second-order valence-corrected chi connectivity index (χ2v) is 3.63. The first-order valence-electron chi connectivity index (χ1n) is 5.23. The normalized spacial score (nSPS) is 12.5. The van der Waals surface area contributed by atoms with Crippen LogP contribution in [0.2, 0.25) is 0 Å². The minimum absolute atomic E-state index is 0.156. The molecule has 1 amide bonds. The van der Waals surface area contributed by atoms with Crippen LogP contribution in [-0.4, -0.2) is 21.8 Å². The number of aromatic nitrogens is 2. The number of hydrogen-bond acceptors (Lipinski definition) is 4. The monoisotopic (exact) mass is 226 g/mol. The fraction of sp³-hybridized carbons (Fsp3) is 0.600. The standard InChI is InChI=1S/C10H18N4O2/c1-4-7(2)16-6-9-8(10(15)13-11)5-12-14(9)3/h5,7H,4,6,11H2,1-3H3,(H,13,15)/t7-/m1/s1. The number of hydrazine groups is 1. The molecule has 0 fully saturated rings. The minimum atomic E-state index is -0.351. The Balaban J connectivity index is 2.77. The summed E-state index contributed by atoms with van der Waals surface area (Å²) in [5, 5.41) is 4.01. The number of amides is 1. The molecule has 0 aromatic carbocycles. The molecule has 0 radical (unpaired) electrons. The predicted octanol–water partition coefficient (Wildman–Crippen LogP) is 0.339. The highest BCUT2D eigenvalue weighted by molar-refractivity contribution is 5.94. The van der Waals surface area contributed by atoms with Crippen molar-refractivity contribution in [1.29, 1.82) is 0 Å². The van der Waals surface area contributed by atoms with Crippen molar-refractivity contribution in [1.82, 2.24) is 15.2 Å². The van der Waals surface area contributed by atoms with E-state index in [1.165, 1.54) is 6.20 Å². The average Bonchev–Trinajstić information content (AvgIpc) is 2.66. The van der Waals surface area contributed by atoms with Gasteiger partial charge in [0.15, 0.2) is 0 Å². The van der Waals surface area contributed by atoms with Crippen molar-refractivity contribution in [2.45, 2.75) is 33.0 Å². The second kappa shape index (κ2) is 5.62. The molecule has 1 aromatic rings. The Morgan fingerprint density at radius 3 is 3.00 bits per heavy atom. The molecule has 16 heavy (non-hydrogen) atoms. The van der Waals surface area contributed by atoms with Crippen molar-refractivity contribution in [2.24, 2.45) is 12.9 Å². The molecule has 1 aromatic heterocycles. The lowest BCUT2D eigenvalue weighted by Crippen LogP contribution is -2.30. The summed E-state index contributed by atoms with van der Waals surface area (Å²) < 4.78 is 7.19. The van der Waals surface area contributed by atoms with Gasteiger partial charge in [0, 0.05) is 7.05 Å². The largest absolute Gasteiger partial charge is 0.372 e. The third-order valence-corrected chi connectivity index (χ3v) is 2.52. The number of nitrogens with two attached hydrogens (primary N) is 1. The van der Waals surface area contributed by atoms with Gasteiger partial charge >= 0.3 is 0 Å². The van der Waals surface area contributed by atoms with Gasteiger partial charge < -0.3 is 4.74 Å². The first kappa shape index (κ1) is 12.7. The van der Waals surface area contributed by atoms with E-state index in [0.717, 1.165) is 12.1 Å². The van der Waals surface area contributed by atoms with E-state index in [0.29, 0.717) is 12.2 Å². The molecule has 0 aliphatic heterocycles. The van der Waals surface area contributed by atoms with E-state index < -0.39 is 0 Å². The molecule has 0 unspecified atom stereocenters. The number of nitrogens with one attached hydrogen (secondary N) is 1. The van der Waals surface area contributed by atoms with Crippen molar-refractivity contribution in [3.05, 3.63) is 17.5 Å². The number of aryl methyl sites for hydroxylation is 1. The van der Waals surface area contributed by atoms with Gasteiger partial charge in [0.25, 0.3) is 5.91 Å². The van der Waals surface area contributed by atoms with Gasteiger partial charge in [0.2, 0.25) is 0 Å². The van der Waals surface area contributed by atoms with E-state index in [1.807, 2.05) is 13.8 Å². The molecule has 0 aliphatic carbocycles. The van der Waals surface area contributed by atoms with Crippen LogP contribution < -0.4 is 11.3 Å². The maximum Gasteiger partial charge on any atom is 0.268 e. The summed E-state index contributed by atoms with van der Waals surface area (Å²) in [6, 6.07) is 0. The first-order chi connectivity index (χ1) is 7.60. The Kier molecular flexibility index (Phi) is 4.45. The molecule has 0 aliphatic rings. The average molecular weight is 226 g/mol. The lowest BCUT2D eigenvalue weighted by atomic mass is 10.2. The Morgan fingerprint density at radius 2 is 2.44 bits per heavy atom. The highest BCUT2D eigenvalue weighted by Gasteiger charge is 2.15. The van der Waals surface area contributed by atoms with E-state index in [-0.39, 0.29) is 12.0 Å². The SMILES string of the molecule is CC[C@@H](C)OCc1c(C(=O)NN)cnn1C. The lowest BCUT2D eigenvalue weighted by molar-refractivity contribution is 0.0464. The number of carbonyl (C=O) groups is 1. The number of rotatable bonds is 5. The Bertz CT molecular complexity index is 362. The van der Waals surface area contributed by atoms with E-state index >= 15 is 0 Å². The summed E-state index contributed by atoms with van der Waals surface area (Å²) in [5.74, 6) is 4.74. The van der Waals surface area contributed by atoms with Crippen LogP contribution in [0.25, 0.3) is 0 Å². The first-order valence-corrected chi connectivity index (χ1v) is 5.23. The van der Waals surface area contributed by atoms with Gasteiger partial charge in [0.1, 0.15) is 0 Å². The molecule has 0 bridgehead atoms. The number of carbonyl (C=O) groups excluding carboxylic acids is 1. The molecular formula is C10H18N4O2. The van der Waals surface area contributed by atoms with E-state index in [9.17, 15) is 4.79 Å². The fourth-order valence-electron chi connectivity index (χ4n) is 1.24. The highest BCUT2D eigenvalue weighted by Crippen LogP contribution is 2.10. The fourth-order valence-corrected chi connectivity index (χ4v) is 1.24. The van der Waals surface area contributed by atoms with Crippen LogP contribution in [0.4, 0.5) is 0 Å². The van der Waals surface area contributed by atoms with Crippen molar-refractivity contribution in [2.75, 3.05) is 0 Å². The van der Waals surface area contributed by atoms with Crippen LogP contribution in [0.3, 0.4) is 0 Å². The zero-order valence-electron chi connectivity index (χ0n) is 9.86. The van der Waals surface area contributed by atoms with Crippen molar-refractivity contribution in [3.8, 4) is 0 Å². The number of ether oxygens (including phenoxy) is 1. The van der Waals surface area contributed by atoms with Crippen molar-refractivity contribution < 1.29 is 9.53 Å². The van der Waals surface area contributed by atoms with Crippen LogP contribution in [0, 0.1) is 0 Å². The summed E-state index contributed by atoms with van der Waals surface area (Å²) in [7, 11) is 1.77. The molecule has 6 nitrogen and oxygen atoms in total. The number of nitrogen functional groups attached to an aromatic ring is 1. The quantitative estimate of drug-likeness (QED) is 0.431. The molecular weight excluding hydrogens is 208 g/mol. The van der Waals surface area contributed by atoms with Crippen molar-refractivity contribution >= 4 is 5.91 Å². The van der Waals surface area contributed by atoms with Crippen molar-refractivity contribution in [3.63, 3.8) is 0 Å². The van der Waals surface area contributed by atoms with Gasteiger partial charge in [0.05, 0.1) is 30.2 Å². The molecule has 6 heteroatoms. The summed E-state index contributed by atoms with van der Waals surface area (Å²) in [6.07, 6.45) is 2.57. The second-order valence-electron chi connectivity index (χ2n) is 3.63. The van der Waals surface area contributed by atoms with Gasteiger partial charge in [-0.25, -0.2) is 5.84 Å². The molecule has 0 saturated heterocycles. The van der Waals surface area contributed by atoms with Crippen LogP contribution in [0.15, 0.2) is 6.20 Å². The highest BCUT2D eigenvalue weighted by atomic mass is 16.5. The zero-order valence-corrected chi connectivity index (χ0v) is 9.86. The molecule has 1 atom stereocenters. The summed E-state index contributed by atoms with van der Waals surface area (Å²) in [6.45, 7) is 4.38. The Labute approximate surface area is 94.7 Å². The van der Waals surface area contributed by atoms with E-state index in [4.69, 9.17) is 10.6 Å². The van der Waals surface area contributed by atoms with Crippen LogP contribution in [0.1, 0.15) is 36.3 Å². The maximum atomic E-state index is 11.4. The predicted molar refractivity (Wildman–Crippen MR) is 59.4 cm³/mol. The van der Waals surface area contributed by atoms with Gasteiger partial charge in [-0.1, -0.05) is 6.92 Å². The topological polar surface area (TPSA) is 82.2 Å². The molecule has 0 spiro atoms. The third-order valence-electron chi connectivity index (χ3n) is 2.52.